The number of nitrogens with zero attached hydrogens (tertiary/aromatic N) is 1. The van der Waals surface area contributed by atoms with Crippen LogP contribution in [0.15, 0.2) is 53.6 Å². The topological polar surface area (TPSA) is 89.0 Å². The first-order chi connectivity index (χ1) is 13.0. The van der Waals surface area contributed by atoms with Crippen molar-refractivity contribution in [2.24, 2.45) is 5.10 Å². The summed E-state index contributed by atoms with van der Waals surface area (Å²) in [7, 11) is 3.12. The van der Waals surface area contributed by atoms with Crippen molar-refractivity contribution in [3.63, 3.8) is 0 Å². The first-order valence-corrected chi connectivity index (χ1v) is 8.44. The molecule has 0 aromatic heterocycles. The van der Waals surface area contributed by atoms with Crippen LogP contribution in [0.25, 0.3) is 0 Å². The SMILES string of the molecule is COc1ccc(/C(C)=N\NC(=O)CCC(=O)Nc2ccccc2)c(OC)c1. The number of carbonyl (C=O) groups is 2. The molecular formula is C20H23N3O4. The van der Waals surface area contributed by atoms with E-state index in [1.165, 1.54) is 0 Å². The Kier molecular flexibility index (Phi) is 7.37. The molecule has 2 aromatic carbocycles. The summed E-state index contributed by atoms with van der Waals surface area (Å²) in [5.74, 6) is 0.683. The molecule has 0 heterocycles. The lowest BCUT2D eigenvalue weighted by Crippen LogP contribution is -2.21. The van der Waals surface area contributed by atoms with Gasteiger partial charge in [-0.15, -0.1) is 0 Å². The number of hydrogen-bond acceptors (Lipinski definition) is 5. The van der Waals surface area contributed by atoms with Crippen LogP contribution in [0.1, 0.15) is 25.3 Å². The number of rotatable bonds is 8. The number of ether oxygens (including phenoxy) is 2. The molecule has 2 aromatic rings. The molecule has 0 unspecified atom stereocenters. The number of carbonyl (C=O) groups excluding carboxylic acids is 2. The number of amides is 2. The van der Waals surface area contributed by atoms with Crippen molar-refractivity contribution >= 4 is 23.2 Å². The number of hydrogen-bond donors (Lipinski definition) is 2. The monoisotopic (exact) mass is 369 g/mol. The minimum Gasteiger partial charge on any atom is -0.497 e. The molecule has 0 spiro atoms. The Morgan fingerprint density at radius 2 is 1.67 bits per heavy atom. The van der Waals surface area contributed by atoms with E-state index < -0.39 is 0 Å². The first kappa shape index (κ1) is 20.0. The van der Waals surface area contributed by atoms with Crippen LogP contribution in [0.2, 0.25) is 0 Å². The molecule has 0 radical (unpaired) electrons. The van der Waals surface area contributed by atoms with Gasteiger partial charge in [0.2, 0.25) is 11.8 Å². The number of nitrogens with one attached hydrogen (secondary N) is 2. The van der Waals surface area contributed by atoms with Gasteiger partial charge in [-0.3, -0.25) is 9.59 Å². The van der Waals surface area contributed by atoms with Crippen molar-refractivity contribution in [2.45, 2.75) is 19.8 Å². The van der Waals surface area contributed by atoms with Crippen molar-refractivity contribution in [1.82, 2.24) is 5.43 Å². The second kappa shape index (κ2) is 9.96. The number of hydrazone groups is 1. The smallest absolute Gasteiger partial charge is 0.240 e. The molecule has 0 fully saturated rings. The molecule has 2 rings (SSSR count). The third kappa shape index (κ3) is 6.14. The molecule has 2 amide bonds. The molecule has 0 aliphatic carbocycles. The van der Waals surface area contributed by atoms with Gasteiger partial charge in [-0.1, -0.05) is 18.2 Å². The molecule has 2 N–H and O–H groups in total. The summed E-state index contributed by atoms with van der Waals surface area (Å²) in [6, 6.07) is 14.4. The van der Waals surface area contributed by atoms with Crippen molar-refractivity contribution < 1.29 is 19.1 Å². The highest BCUT2D eigenvalue weighted by Crippen LogP contribution is 2.25. The minimum atomic E-state index is -0.343. The summed E-state index contributed by atoms with van der Waals surface area (Å²) in [4.78, 5) is 23.8. The highest BCUT2D eigenvalue weighted by molar-refractivity contribution is 6.02. The fourth-order valence-electron chi connectivity index (χ4n) is 2.33. The quantitative estimate of drug-likeness (QED) is 0.553. The van der Waals surface area contributed by atoms with Crippen LogP contribution in [-0.2, 0) is 9.59 Å². The van der Waals surface area contributed by atoms with Crippen LogP contribution < -0.4 is 20.2 Å². The van der Waals surface area contributed by atoms with E-state index >= 15 is 0 Å². The van der Waals surface area contributed by atoms with Gasteiger partial charge < -0.3 is 14.8 Å². The van der Waals surface area contributed by atoms with E-state index in [1.54, 1.807) is 51.5 Å². The molecule has 0 atom stereocenters. The van der Waals surface area contributed by atoms with E-state index in [0.717, 1.165) is 5.56 Å². The first-order valence-electron chi connectivity index (χ1n) is 8.44. The molecule has 7 heteroatoms. The molecule has 0 saturated heterocycles. The fraction of sp³-hybridized carbons (Fsp3) is 0.250. The second-order valence-corrected chi connectivity index (χ2v) is 5.71. The molecule has 0 saturated carbocycles. The van der Waals surface area contributed by atoms with Crippen molar-refractivity contribution in [3.05, 3.63) is 54.1 Å². The Labute approximate surface area is 158 Å². The van der Waals surface area contributed by atoms with Crippen molar-refractivity contribution in [2.75, 3.05) is 19.5 Å². The summed E-state index contributed by atoms with van der Waals surface area (Å²) < 4.78 is 10.5. The van der Waals surface area contributed by atoms with Gasteiger partial charge in [0.1, 0.15) is 11.5 Å². The van der Waals surface area contributed by atoms with Crippen molar-refractivity contribution in [1.29, 1.82) is 0 Å². The normalized spacial score (nSPS) is 10.9. The fourth-order valence-corrected chi connectivity index (χ4v) is 2.33. The largest absolute Gasteiger partial charge is 0.497 e. The van der Waals surface area contributed by atoms with E-state index in [-0.39, 0.29) is 24.7 Å². The minimum absolute atomic E-state index is 0.0369. The van der Waals surface area contributed by atoms with Gasteiger partial charge in [-0.05, 0) is 31.2 Å². The number of benzene rings is 2. The Morgan fingerprint density at radius 3 is 2.33 bits per heavy atom. The highest BCUT2D eigenvalue weighted by Gasteiger charge is 2.10. The lowest BCUT2D eigenvalue weighted by atomic mass is 10.1. The molecule has 0 aliphatic heterocycles. The maximum atomic E-state index is 11.9. The van der Waals surface area contributed by atoms with Crippen LogP contribution in [0.4, 0.5) is 5.69 Å². The van der Waals surface area contributed by atoms with Gasteiger partial charge in [0.25, 0.3) is 0 Å². The van der Waals surface area contributed by atoms with E-state index in [9.17, 15) is 9.59 Å². The van der Waals surface area contributed by atoms with E-state index in [1.807, 2.05) is 18.2 Å². The standard InChI is InChI=1S/C20H23N3O4/c1-14(17-10-9-16(26-2)13-18(17)27-3)22-23-20(25)12-11-19(24)21-15-7-5-4-6-8-15/h4-10,13H,11-12H2,1-3H3,(H,21,24)(H,23,25)/b22-14-. The Hall–Kier alpha value is -3.35. The van der Waals surface area contributed by atoms with Crippen molar-refractivity contribution in [3.8, 4) is 11.5 Å². The Bertz CT molecular complexity index is 819. The maximum Gasteiger partial charge on any atom is 0.240 e. The molecule has 7 nitrogen and oxygen atoms in total. The van der Waals surface area contributed by atoms with Crippen LogP contribution >= 0.6 is 0 Å². The third-order valence-electron chi connectivity index (χ3n) is 3.78. The predicted molar refractivity (Wildman–Crippen MR) is 104 cm³/mol. The van der Waals surface area contributed by atoms with Gasteiger partial charge in [0.15, 0.2) is 0 Å². The summed E-state index contributed by atoms with van der Waals surface area (Å²) in [5, 5.41) is 6.82. The lowest BCUT2D eigenvalue weighted by molar-refractivity contribution is -0.124. The maximum absolute atomic E-state index is 11.9. The van der Waals surface area contributed by atoms with E-state index in [4.69, 9.17) is 9.47 Å². The Balaban J connectivity index is 1.87. The van der Waals surface area contributed by atoms with E-state index in [0.29, 0.717) is 22.9 Å². The van der Waals surface area contributed by atoms with Gasteiger partial charge in [0, 0.05) is 30.2 Å². The highest BCUT2D eigenvalue weighted by atomic mass is 16.5. The lowest BCUT2D eigenvalue weighted by Gasteiger charge is -2.10. The summed E-state index contributed by atoms with van der Waals surface area (Å²) in [5.41, 5.74) is 4.48. The molecule has 0 aliphatic rings. The van der Waals surface area contributed by atoms with E-state index in [2.05, 4.69) is 15.8 Å². The summed E-state index contributed by atoms with van der Waals surface area (Å²) in [6.07, 6.45) is 0.107. The number of methoxy groups -OCH3 is 2. The predicted octanol–water partition coefficient (Wildman–Crippen LogP) is 2.96. The molecular weight excluding hydrogens is 346 g/mol. The van der Waals surface area contributed by atoms with Crippen LogP contribution in [-0.4, -0.2) is 31.7 Å². The zero-order chi connectivity index (χ0) is 19.6. The molecule has 142 valence electrons. The van der Waals surface area contributed by atoms with Crippen LogP contribution in [0.3, 0.4) is 0 Å². The zero-order valence-corrected chi connectivity index (χ0v) is 15.6. The van der Waals surface area contributed by atoms with Gasteiger partial charge in [-0.2, -0.15) is 5.10 Å². The summed E-state index contributed by atoms with van der Waals surface area (Å²) in [6.45, 7) is 1.76. The van der Waals surface area contributed by atoms with Gasteiger partial charge in [-0.25, -0.2) is 5.43 Å². The molecule has 27 heavy (non-hydrogen) atoms. The molecule has 0 bridgehead atoms. The zero-order valence-electron chi connectivity index (χ0n) is 15.6. The average molecular weight is 369 g/mol. The number of anilines is 1. The van der Waals surface area contributed by atoms with Gasteiger partial charge in [0.05, 0.1) is 19.9 Å². The third-order valence-corrected chi connectivity index (χ3v) is 3.78. The average Bonchev–Trinajstić information content (AvgIpc) is 2.70. The van der Waals surface area contributed by atoms with Crippen LogP contribution in [0, 0.1) is 0 Å². The second-order valence-electron chi connectivity index (χ2n) is 5.71. The summed E-state index contributed by atoms with van der Waals surface area (Å²) >= 11 is 0. The van der Waals surface area contributed by atoms with Crippen LogP contribution in [0.5, 0.6) is 11.5 Å². The Morgan fingerprint density at radius 1 is 0.963 bits per heavy atom. The number of para-hydroxylation sites is 1. The van der Waals surface area contributed by atoms with Gasteiger partial charge >= 0.3 is 0 Å².